The Kier molecular flexibility index (Phi) is 5.65. The third kappa shape index (κ3) is 5.06. The van der Waals surface area contributed by atoms with Gasteiger partial charge in [-0.05, 0) is 45.9 Å². The number of thiazole rings is 1. The Labute approximate surface area is 158 Å². The van der Waals surface area contributed by atoms with Gasteiger partial charge in [-0.3, -0.25) is 4.79 Å². The number of amides is 1. The molecule has 0 atom stereocenters. The van der Waals surface area contributed by atoms with Gasteiger partial charge in [0.05, 0.1) is 21.8 Å². The fraction of sp³-hybridized carbons (Fsp3) is 0.389. The van der Waals surface area contributed by atoms with Crippen molar-refractivity contribution in [2.24, 2.45) is 0 Å². The number of hydrogen-bond donors (Lipinski definition) is 0. The van der Waals surface area contributed by atoms with Crippen LogP contribution in [0.3, 0.4) is 0 Å². The van der Waals surface area contributed by atoms with Gasteiger partial charge in [0.2, 0.25) is 0 Å². The van der Waals surface area contributed by atoms with Crippen molar-refractivity contribution < 1.29 is 27.5 Å². The summed E-state index contributed by atoms with van der Waals surface area (Å²) >= 11 is 0.921. The summed E-state index contributed by atoms with van der Waals surface area (Å²) in [5.41, 5.74) is -1.44. The average Bonchev–Trinajstić information content (AvgIpc) is 2.86. The summed E-state index contributed by atoms with van der Waals surface area (Å²) in [6.07, 6.45) is -5.45. The zero-order chi connectivity index (χ0) is 20.6. The number of aromatic nitrogens is 1. The van der Waals surface area contributed by atoms with E-state index in [1.165, 1.54) is 19.1 Å². The molecule has 0 aliphatic rings. The maximum Gasteiger partial charge on any atom is 0.421 e. The monoisotopic (exact) mass is 400 g/mol. The van der Waals surface area contributed by atoms with Crippen molar-refractivity contribution in [3.8, 4) is 0 Å². The molecule has 2 rings (SSSR count). The fourth-order valence-electron chi connectivity index (χ4n) is 2.23. The number of nitrogens with zero attached hydrogens (tertiary/aromatic N) is 2. The van der Waals surface area contributed by atoms with Gasteiger partial charge in [0.15, 0.2) is 10.9 Å². The molecule has 5 nitrogen and oxygen atoms in total. The van der Waals surface area contributed by atoms with Crippen molar-refractivity contribution in [2.75, 3.05) is 4.90 Å². The molecule has 2 aromatic rings. The number of carbonyl (C=O) groups excluding carboxylic acids is 2. The molecule has 0 N–H and O–H groups in total. The van der Waals surface area contributed by atoms with Gasteiger partial charge >= 0.3 is 12.3 Å². The minimum absolute atomic E-state index is 0.0528. The van der Waals surface area contributed by atoms with Crippen LogP contribution < -0.4 is 4.90 Å². The number of alkyl halides is 3. The Morgan fingerprint density at radius 3 is 2.30 bits per heavy atom. The molecule has 0 radical (unpaired) electrons. The van der Waals surface area contributed by atoms with Crippen LogP contribution in [-0.4, -0.2) is 22.5 Å². The fourth-order valence-corrected chi connectivity index (χ4v) is 3.20. The van der Waals surface area contributed by atoms with E-state index in [4.69, 9.17) is 4.74 Å². The zero-order valence-corrected chi connectivity index (χ0v) is 16.3. The third-order valence-electron chi connectivity index (χ3n) is 3.30. The largest absolute Gasteiger partial charge is 0.443 e. The number of benzene rings is 1. The van der Waals surface area contributed by atoms with Crippen molar-refractivity contribution in [1.82, 2.24) is 4.98 Å². The second-order valence-electron chi connectivity index (χ2n) is 6.83. The molecule has 1 aromatic heterocycles. The Morgan fingerprint density at radius 1 is 1.19 bits per heavy atom. The molecular formula is C18H19F3N2O3S. The van der Waals surface area contributed by atoms with Crippen LogP contribution >= 0.6 is 11.3 Å². The summed E-state index contributed by atoms with van der Waals surface area (Å²) < 4.78 is 44.6. The second-order valence-corrected chi connectivity index (χ2v) is 7.81. The van der Waals surface area contributed by atoms with Crippen LogP contribution in [0, 0.1) is 6.92 Å². The summed E-state index contributed by atoms with van der Waals surface area (Å²) in [6, 6.07) is 4.30. The van der Waals surface area contributed by atoms with Gasteiger partial charge in [0.25, 0.3) is 0 Å². The van der Waals surface area contributed by atoms with Crippen molar-refractivity contribution in [1.29, 1.82) is 0 Å². The first-order valence-electron chi connectivity index (χ1n) is 7.98. The Bertz CT molecular complexity index is 869. The zero-order valence-electron chi connectivity index (χ0n) is 15.5. The summed E-state index contributed by atoms with van der Waals surface area (Å²) in [5.74, 6) is -0.246. The SMILES string of the molecule is CC(=O)c1sc(N(C(=O)OC(C)(C)C)c2cccc(C(F)(F)F)c2)nc1C. The molecule has 9 heteroatoms. The number of aryl methyl sites for hydroxylation is 1. The molecule has 0 aliphatic heterocycles. The number of Topliss-reactive ketones (excluding diaryl/α,β-unsaturated/α-hetero) is 1. The van der Waals surface area contributed by atoms with Gasteiger partial charge in [-0.1, -0.05) is 17.4 Å². The first-order chi connectivity index (χ1) is 12.3. The lowest BCUT2D eigenvalue weighted by Crippen LogP contribution is -2.34. The van der Waals surface area contributed by atoms with Gasteiger partial charge < -0.3 is 4.74 Å². The first-order valence-corrected chi connectivity index (χ1v) is 8.80. The van der Waals surface area contributed by atoms with Crippen molar-refractivity contribution in [3.05, 3.63) is 40.4 Å². The van der Waals surface area contributed by atoms with Gasteiger partial charge in [0, 0.05) is 6.92 Å². The minimum atomic E-state index is -4.57. The highest BCUT2D eigenvalue weighted by Gasteiger charge is 2.33. The molecule has 1 amide bonds. The quantitative estimate of drug-likeness (QED) is 0.616. The van der Waals surface area contributed by atoms with E-state index in [0.29, 0.717) is 10.6 Å². The highest BCUT2D eigenvalue weighted by molar-refractivity contribution is 7.17. The lowest BCUT2D eigenvalue weighted by molar-refractivity contribution is -0.137. The minimum Gasteiger partial charge on any atom is -0.443 e. The van der Waals surface area contributed by atoms with Crippen LogP contribution in [-0.2, 0) is 10.9 Å². The van der Waals surface area contributed by atoms with E-state index < -0.39 is 23.4 Å². The third-order valence-corrected chi connectivity index (χ3v) is 4.55. The van der Waals surface area contributed by atoms with E-state index in [9.17, 15) is 22.8 Å². The van der Waals surface area contributed by atoms with Crippen LogP contribution in [0.5, 0.6) is 0 Å². The summed E-state index contributed by atoms with van der Waals surface area (Å²) in [7, 11) is 0. The van der Waals surface area contributed by atoms with E-state index in [1.807, 2.05) is 0 Å². The van der Waals surface area contributed by atoms with Gasteiger partial charge in [-0.15, -0.1) is 0 Å². The van der Waals surface area contributed by atoms with Gasteiger partial charge in [0.1, 0.15) is 5.60 Å². The number of halogens is 3. The molecule has 0 saturated carbocycles. The van der Waals surface area contributed by atoms with Crippen LogP contribution in [0.15, 0.2) is 24.3 Å². The van der Waals surface area contributed by atoms with Crippen molar-refractivity contribution >= 4 is 34.0 Å². The number of hydrogen-bond acceptors (Lipinski definition) is 5. The molecule has 0 saturated heterocycles. The molecule has 1 aromatic carbocycles. The highest BCUT2D eigenvalue weighted by atomic mass is 32.1. The lowest BCUT2D eigenvalue weighted by atomic mass is 10.2. The molecule has 0 fully saturated rings. The highest BCUT2D eigenvalue weighted by Crippen LogP contribution is 2.37. The Balaban J connectivity index is 2.59. The molecular weight excluding hydrogens is 381 g/mol. The van der Waals surface area contributed by atoms with Crippen LogP contribution in [0.2, 0.25) is 0 Å². The maximum absolute atomic E-state index is 13.1. The topological polar surface area (TPSA) is 59.5 Å². The Hall–Kier alpha value is -2.42. The summed E-state index contributed by atoms with van der Waals surface area (Å²) in [6.45, 7) is 7.87. The predicted molar refractivity (Wildman–Crippen MR) is 96.7 cm³/mol. The van der Waals surface area contributed by atoms with Crippen LogP contribution in [0.25, 0.3) is 0 Å². The second kappa shape index (κ2) is 7.30. The number of carbonyl (C=O) groups is 2. The molecule has 0 unspecified atom stereocenters. The molecule has 27 heavy (non-hydrogen) atoms. The standard InChI is InChI=1S/C18H19F3N2O3S/c1-10-14(11(2)24)27-15(22-10)23(16(25)26-17(3,4)5)13-8-6-7-12(9-13)18(19,20)21/h6-9H,1-5H3. The maximum atomic E-state index is 13.1. The number of rotatable bonds is 3. The van der Waals surface area contributed by atoms with Gasteiger partial charge in [-0.2, -0.15) is 13.2 Å². The van der Waals surface area contributed by atoms with Crippen LogP contribution in [0.4, 0.5) is 28.8 Å². The summed E-state index contributed by atoms with van der Waals surface area (Å²) in [4.78, 5) is 29.9. The normalized spacial score (nSPS) is 12.0. The number of anilines is 2. The van der Waals surface area contributed by atoms with Gasteiger partial charge in [-0.25, -0.2) is 14.7 Å². The van der Waals surface area contributed by atoms with E-state index in [2.05, 4.69) is 4.98 Å². The molecule has 0 aliphatic carbocycles. The number of ketones is 1. The summed E-state index contributed by atoms with van der Waals surface area (Å²) in [5, 5.41) is 0.0614. The lowest BCUT2D eigenvalue weighted by Gasteiger charge is -2.26. The van der Waals surface area contributed by atoms with E-state index in [-0.39, 0.29) is 16.6 Å². The average molecular weight is 400 g/mol. The molecule has 1 heterocycles. The Morgan fingerprint density at radius 2 is 1.81 bits per heavy atom. The van der Waals surface area contributed by atoms with E-state index in [0.717, 1.165) is 28.4 Å². The number of ether oxygens (including phenoxy) is 1. The molecule has 0 spiro atoms. The van der Waals surface area contributed by atoms with Crippen molar-refractivity contribution in [3.63, 3.8) is 0 Å². The van der Waals surface area contributed by atoms with E-state index in [1.54, 1.807) is 27.7 Å². The molecule has 0 bridgehead atoms. The smallest absolute Gasteiger partial charge is 0.421 e. The molecule has 146 valence electrons. The first kappa shape index (κ1) is 20.9. The van der Waals surface area contributed by atoms with E-state index >= 15 is 0 Å². The predicted octanol–water partition coefficient (Wildman–Crippen LogP) is 5.75. The van der Waals surface area contributed by atoms with Crippen molar-refractivity contribution in [2.45, 2.75) is 46.4 Å². The van der Waals surface area contributed by atoms with Crippen LogP contribution in [0.1, 0.15) is 48.6 Å².